The molecule has 0 aliphatic carbocycles. The Morgan fingerprint density at radius 2 is 2.05 bits per heavy atom. The number of carboxylic acids is 1. The first-order valence-electron chi connectivity index (χ1n) is 6.40. The van der Waals surface area contributed by atoms with E-state index in [1.807, 2.05) is 6.92 Å². The van der Waals surface area contributed by atoms with Gasteiger partial charge in [-0.05, 0) is 25.8 Å². The predicted octanol–water partition coefficient (Wildman–Crippen LogP) is 2.41. The van der Waals surface area contributed by atoms with Crippen LogP contribution in [0.4, 0.5) is 0 Å². The topological polar surface area (TPSA) is 78.8 Å². The van der Waals surface area contributed by atoms with Crippen molar-refractivity contribution in [2.24, 2.45) is 5.92 Å². The van der Waals surface area contributed by atoms with E-state index < -0.39 is 11.9 Å². The highest BCUT2D eigenvalue weighted by atomic mass is 35.5. The third kappa shape index (κ3) is 2.31. The largest absolute Gasteiger partial charge is 0.504 e. The Morgan fingerprint density at radius 1 is 1.40 bits per heavy atom. The number of phenolic OH excluding ortho intramolecular Hbond substituents is 1. The maximum Gasteiger partial charge on any atom is 0.307 e. The van der Waals surface area contributed by atoms with E-state index in [9.17, 15) is 9.90 Å². The van der Waals surface area contributed by atoms with Crippen LogP contribution in [0.1, 0.15) is 29.2 Å². The summed E-state index contributed by atoms with van der Waals surface area (Å²) in [4.78, 5) is 11.0. The summed E-state index contributed by atoms with van der Waals surface area (Å²) in [5.74, 6) is -0.904. The lowest BCUT2D eigenvalue weighted by Gasteiger charge is -2.21. The zero-order valence-corrected chi connectivity index (χ0v) is 12.4. The maximum absolute atomic E-state index is 11.0. The molecular weight excluding hydrogens is 282 g/mol. The van der Waals surface area contributed by atoms with Crippen molar-refractivity contribution >= 4 is 17.6 Å². The van der Waals surface area contributed by atoms with Crippen molar-refractivity contribution in [1.82, 2.24) is 5.32 Å². The molecule has 3 N–H and O–H groups in total. The van der Waals surface area contributed by atoms with Gasteiger partial charge in [0.25, 0.3) is 0 Å². The van der Waals surface area contributed by atoms with E-state index in [0.29, 0.717) is 34.9 Å². The summed E-state index contributed by atoms with van der Waals surface area (Å²) in [6.45, 7) is 3.98. The number of rotatable bonds is 3. The second-order valence-corrected chi connectivity index (χ2v) is 5.47. The molecule has 0 saturated carbocycles. The molecule has 1 aliphatic rings. The van der Waals surface area contributed by atoms with E-state index in [1.165, 1.54) is 7.11 Å². The highest BCUT2D eigenvalue weighted by Gasteiger charge is 2.34. The van der Waals surface area contributed by atoms with Crippen LogP contribution in [-0.4, -0.2) is 29.8 Å². The van der Waals surface area contributed by atoms with Crippen molar-refractivity contribution in [3.05, 3.63) is 21.7 Å². The Balaban J connectivity index is 2.47. The summed E-state index contributed by atoms with van der Waals surface area (Å²) in [7, 11) is 1.47. The highest BCUT2D eigenvalue weighted by molar-refractivity contribution is 6.32. The standard InChI is InChI=1S/C14H18ClNO4/c1-6-10(9-4-8(5-16-9)14(18)19)12(17)13(20-3)7(2)11(6)15/h8-9,16-17H,4-5H2,1-3H3,(H,18,19). The van der Waals surface area contributed by atoms with Gasteiger partial charge in [-0.1, -0.05) is 11.6 Å². The van der Waals surface area contributed by atoms with Gasteiger partial charge in [0.15, 0.2) is 11.5 Å². The summed E-state index contributed by atoms with van der Waals surface area (Å²) in [5, 5.41) is 23.1. The molecule has 0 radical (unpaired) electrons. The number of aliphatic carboxylic acids is 1. The first kappa shape index (κ1) is 14.9. The summed E-state index contributed by atoms with van der Waals surface area (Å²) < 4.78 is 5.21. The number of phenols is 1. The monoisotopic (exact) mass is 299 g/mol. The Labute approximate surface area is 122 Å². The lowest BCUT2D eigenvalue weighted by atomic mass is 9.93. The number of benzene rings is 1. The SMILES string of the molecule is COc1c(C)c(Cl)c(C)c(C2CC(C(=O)O)CN2)c1O. The van der Waals surface area contributed by atoms with Crippen LogP contribution in [0.2, 0.25) is 5.02 Å². The molecule has 2 unspecified atom stereocenters. The summed E-state index contributed by atoms with van der Waals surface area (Å²) in [5.41, 5.74) is 2.06. The van der Waals surface area contributed by atoms with Gasteiger partial charge in [-0.3, -0.25) is 4.79 Å². The molecule has 110 valence electrons. The molecular formula is C14H18ClNO4. The van der Waals surface area contributed by atoms with E-state index in [4.69, 9.17) is 21.4 Å². The third-order valence-electron chi connectivity index (χ3n) is 3.91. The fourth-order valence-corrected chi connectivity index (χ4v) is 2.98. The van der Waals surface area contributed by atoms with Crippen LogP contribution in [0.15, 0.2) is 0 Å². The Kier molecular flexibility index (Phi) is 4.11. The van der Waals surface area contributed by atoms with Gasteiger partial charge in [0.05, 0.1) is 18.1 Å². The van der Waals surface area contributed by atoms with Gasteiger partial charge in [-0.2, -0.15) is 0 Å². The second kappa shape index (κ2) is 5.50. The fraction of sp³-hybridized carbons (Fsp3) is 0.500. The van der Waals surface area contributed by atoms with Gasteiger partial charge >= 0.3 is 5.97 Å². The lowest BCUT2D eigenvalue weighted by Crippen LogP contribution is -2.18. The molecule has 0 amide bonds. The molecule has 1 aromatic carbocycles. The minimum Gasteiger partial charge on any atom is -0.504 e. The Hall–Kier alpha value is -1.46. The number of hydrogen-bond acceptors (Lipinski definition) is 4. The highest BCUT2D eigenvalue weighted by Crippen LogP contribution is 2.45. The van der Waals surface area contributed by atoms with Crippen molar-refractivity contribution in [1.29, 1.82) is 0 Å². The minimum atomic E-state index is -0.831. The summed E-state index contributed by atoms with van der Waals surface area (Å²) in [6.07, 6.45) is 0.423. The van der Waals surface area contributed by atoms with E-state index in [0.717, 1.165) is 5.56 Å². The number of aromatic hydroxyl groups is 1. The number of nitrogens with one attached hydrogen (secondary N) is 1. The second-order valence-electron chi connectivity index (χ2n) is 5.09. The first-order chi connectivity index (χ1) is 9.38. The van der Waals surface area contributed by atoms with Gasteiger partial charge in [0.1, 0.15) is 0 Å². The number of halogens is 1. The van der Waals surface area contributed by atoms with Crippen LogP contribution in [0.25, 0.3) is 0 Å². The predicted molar refractivity (Wildman–Crippen MR) is 75.6 cm³/mol. The Bertz CT molecular complexity index is 559. The number of carbonyl (C=O) groups is 1. The normalized spacial score (nSPS) is 22.0. The van der Waals surface area contributed by atoms with E-state index >= 15 is 0 Å². The van der Waals surface area contributed by atoms with E-state index in [-0.39, 0.29) is 11.8 Å². The zero-order valence-electron chi connectivity index (χ0n) is 11.7. The molecule has 2 rings (SSSR count). The molecule has 1 fully saturated rings. The smallest absolute Gasteiger partial charge is 0.307 e. The number of methoxy groups -OCH3 is 1. The molecule has 0 bridgehead atoms. The van der Waals surface area contributed by atoms with Gasteiger partial charge < -0.3 is 20.3 Å². The van der Waals surface area contributed by atoms with E-state index in [1.54, 1.807) is 6.92 Å². The van der Waals surface area contributed by atoms with Crippen LogP contribution in [0, 0.1) is 19.8 Å². The number of carboxylic acid groups (broad SMARTS) is 1. The first-order valence-corrected chi connectivity index (χ1v) is 6.77. The lowest BCUT2D eigenvalue weighted by molar-refractivity contribution is -0.141. The van der Waals surface area contributed by atoms with Crippen LogP contribution < -0.4 is 10.1 Å². The van der Waals surface area contributed by atoms with Crippen LogP contribution in [-0.2, 0) is 4.79 Å². The zero-order chi connectivity index (χ0) is 15.0. The van der Waals surface area contributed by atoms with Gasteiger partial charge in [0.2, 0.25) is 0 Å². The van der Waals surface area contributed by atoms with Crippen LogP contribution >= 0.6 is 11.6 Å². The Morgan fingerprint density at radius 3 is 2.55 bits per heavy atom. The van der Waals surface area contributed by atoms with Crippen molar-refractivity contribution in [3.8, 4) is 11.5 Å². The molecule has 20 heavy (non-hydrogen) atoms. The maximum atomic E-state index is 11.0. The van der Waals surface area contributed by atoms with Gasteiger partial charge in [-0.15, -0.1) is 0 Å². The quantitative estimate of drug-likeness (QED) is 0.799. The van der Waals surface area contributed by atoms with Crippen molar-refractivity contribution in [2.45, 2.75) is 26.3 Å². The molecule has 1 aromatic rings. The summed E-state index contributed by atoms with van der Waals surface area (Å²) in [6, 6.07) is -0.233. The van der Waals surface area contributed by atoms with E-state index in [2.05, 4.69) is 5.32 Å². The molecule has 1 saturated heterocycles. The van der Waals surface area contributed by atoms with Crippen LogP contribution in [0.3, 0.4) is 0 Å². The minimum absolute atomic E-state index is 0.0374. The fourth-order valence-electron chi connectivity index (χ4n) is 2.80. The average Bonchev–Trinajstić information content (AvgIpc) is 2.87. The van der Waals surface area contributed by atoms with Crippen LogP contribution in [0.5, 0.6) is 11.5 Å². The van der Waals surface area contributed by atoms with Crippen molar-refractivity contribution in [3.63, 3.8) is 0 Å². The third-order valence-corrected chi connectivity index (χ3v) is 4.47. The number of hydrogen-bond donors (Lipinski definition) is 3. The van der Waals surface area contributed by atoms with Gasteiger partial charge in [-0.25, -0.2) is 0 Å². The number of ether oxygens (including phenoxy) is 1. The molecule has 1 aliphatic heterocycles. The van der Waals surface area contributed by atoms with Crippen molar-refractivity contribution in [2.75, 3.05) is 13.7 Å². The summed E-state index contributed by atoms with van der Waals surface area (Å²) >= 11 is 6.28. The average molecular weight is 300 g/mol. The van der Waals surface area contributed by atoms with Gasteiger partial charge in [0, 0.05) is 23.7 Å². The molecule has 0 aromatic heterocycles. The molecule has 1 heterocycles. The molecule has 2 atom stereocenters. The molecule has 6 heteroatoms. The van der Waals surface area contributed by atoms with Crippen molar-refractivity contribution < 1.29 is 19.7 Å². The molecule has 0 spiro atoms. The molecule has 5 nitrogen and oxygen atoms in total.